The third-order valence-electron chi connectivity index (χ3n) is 3.42. The number of aryl methyl sites for hydroxylation is 4. The molecule has 19 heavy (non-hydrogen) atoms. The van der Waals surface area contributed by atoms with Crippen LogP contribution < -0.4 is 5.73 Å². The first-order valence-electron chi connectivity index (χ1n) is 6.48. The molecule has 0 amide bonds. The van der Waals surface area contributed by atoms with Gasteiger partial charge in [0.05, 0.1) is 15.9 Å². The van der Waals surface area contributed by atoms with E-state index in [2.05, 4.69) is 47.9 Å². The summed E-state index contributed by atoms with van der Waals surface area (Å²) in [5.74, 6) is 0. The molecule has 2 heterocycles. The molecule has 0 aliphatic carbocycles. The maximum Gasteiger partial charge on any atom is 0.0738 e. The van der Waals surface area contributed by atoms with Crippen LogP contribution in [0.3, 0.4) is 0 Å². The number of nitrogens with zero attached hydrogens (tertiary/aromatic N) is 2. The highest BCUT2D eigenvalue weighted by Gasteiger charge is 2.18. The summed E-state index contributed by atoms with van der Waals surface area (Å²) < 4.78 is 3.13. The maximum absolute atomic E-state index is 6.36. The molecule has 0 spiro atoms. The molecule has 0 aliphatic rings. The number of halogens is 1. The van der Waals surface area contributed by atoms with Crippen LogP contribution in [0, 0.1) is 20.8 Å². The minimum absolute atomic E-state index is 0.0371. The number of aromatic nitrogens is 2. The molecular weight excluding hydrogens is 322 g/mol. The van der Waals surface area contributed by atoms with Gasteiger partial charge in [-0.1, -0.05) is 0 Å². The summed E-state index contributed by atoms with van der Waals surface area (Å²) in [7, 11) is 0. The summed E-state index contributed by atoms with van der Waals surface area (Å²) >= 11 is 5.42. The molecule has 1 unspecified atom stereocenters. The van der Waals surface area contributed by atoms with Crippen molar-refractivity contribution >= 4 is 27.3 Å². The Hall–Kier alpha value is -0.650. The highest BCUT2D eigenvalue weighted by molar-refractivity contribution is 9.10. The molecule has 3 nitrogen and oxygen atoms in total. The molecule has 0 fully saturated rings. The molecule has 104 valence electrons. The summed E-state index contributed by atoms with van der Waals surface area (Å²) in [6, 6.07) is 2.24. The van der Waals surface area contributed by atoms with Crippen molar-refractivity contribution in [2.45, 2.75) is 46.7 Å². The van der Waals surface area contributed by atoms with Crippen LogP contribution >= 0.6 is 27.3 Å². The molecule has 0 aliphatic heterocycles. The largest absolute Gasteiger partial charge is 0.323 e. The van der Waals surface area contributed by atoms with Gasteiger partial charge in [0.15, 0.2) is 0 Å². The predicted octanol–water partition coefficient (Wildman–Crippen LogP) is 3.89. The number of hydrogen-bond donors (Lipinski definition) is 1. The van der Waals surface area contributed by atoms with Gasteiger partial charge in [-0.2, -0.15) is 5.10 Å². The summed E-state index contributed by atoms with van der Waals surface area (Å²) in [4.78, 5) is 2.60. The molecule has 2 aromatic rings. The molecule has 2 aromatic heterocycles. The predicted molar refractivity (Wildman–Crippen MR) is 84.8 cm³/mol. The third kappa shape index (κ3) is 2.93. The van der Waals surface area contributed by atoms with E-state index in [1.807, 2.05) is 11.6 Å². The zero-order valence-corrected chi connectivity index (χ0v) is 14.2. The normalized spacial score (nSPS) is 12.9. The minimum Gasteiger partial charge on any atom is -0.323 e. The van der Waals surface area contributed by atoms with E-state index in [0.717, 1.165) is 23.1 Å². The van der Waals surface area contributed by atoms with Crippen molar-refractivity contribution in [2.75, 3.05) is 0 Å². The first-order valence-corrected chi connectivity index (χ1v) is 8.09. The summed E-state index contributed by atoms with van der Waals surface area (Å²) in [5, 5.41) is 4.52. The van der Waals surface area contributed by atoms with Gasteiger partial charge in [-0.05, 0) is 55.3 Å². The Labute approximate surface area is 126 Å². The van der Waals surface area contributed by atoms with Crippen molar-refractivity contribution < 1.29 is 0 Å². The molecule has 0 bridgehead atoms. The lowest BCUT2D eigenvalue weighted by molar-refractivity contribution is 0.589. The monoisotopic (exact) mass is 341 g/mol. The molecule has 0 radical (unpaired) electrons. The van der Waals surface area contributed by atoms with Crippen LogP contribution in [0.5, 0.6) is 0 Å². The molecule has 0 saturated carbocycles. The van der Waals surface area contributed by atoms with E-state index >= 15 is 0 Å². The summed E-state index contributed by atoms with van der Waals surface area (Å²) in [6.07, 6.45) is 0.814. The fourth-order valence-electron chi connectivity index (χ4n) is 2.16. The van der Waals surface area contributed by atoms with Gasteiger partial charge in [0.2, 0.25) is 0 Å². The van der Waals surface area contributed by atoms with Crippen molar-refractivity contribution in [2.24, 2.45) is 5.73 Å². The number of nitrogens with two attached hydrogens (primary N) is 1. The highest BCUT2D eigenvalue weighted by atomic mass is 79.9. The lowest BCUT2D eigenvalue weighted by atomic mass is 10.1. The molecule has 0 aromatic carbocycles. The topological polar surface area (TPSA) is 43.8 Å². The molecule has 5 heteroatoms. The first-order chi connectivity index (χ1) is 8.93. The average molecular weight is 342 g/mol. The first kappa shape index (κ1) is 14.8. The Morgan fingerprint density at radius 2 is 2.11 bits per heavy atom. The van der Waals surface area contributed by atoms with E-state index in [1.54, 1.807) is 11.3 Å². The highest BCUT2D eigenvalue weighted by Crippen LogP contribution is 2.30. The van der Waals surface area contributed by atoms with Crippen LogP contribution in [0.15, 0.2) is 10.5 Å². The smallest absolute Gasteiger partial charge is 0.0738 e. The Balaban J connectivity index is 2.25. The van der Waals surface area contributed by atoms with Crippen molar-refractivity contribution in [1.82, 2.24) is 9.78 Å². The van der Waals surface area contributed by atoms with Crippen LogP contribution in [0.4, 0.5) is 0 Å². The van der Waals surface area contributed by atoms with Crippen molar-refractivity contribution in [1.29, 1.82) is 0 Å². The zero-order valence-electron chi connectivity index (χ0n) is 11.8. The van der Waals surface area contributed by atoms with Gasteiger partial charge in [0.1, 0.15) is 0 Å². The lowest BCUT2D eigenvalue weighted by Gasteiger charge is -2.11. The van der Waals surface area contributed by atoms with E-state index in [9.17, 15) is 0 Å². The second kappa shape index (κ2) is 5.77. The summed E-state index contributed by atoms with van der Waals surface area (Å²) in [5.41, 5.74) is 9.91. The molecular formula is C14H20BrN3S. The van der Waals surface area contributed by atoms with E-state index in [-0.39, 0.29) is 6.04 Å². The Kier molecular flexibility index (Phi) is 4.48. The molecule has 2 N–H and O–H groups in total. The van der Waals surface area contributed by atoms with Crippen molar-refractivity contribution in [3.63, 3.8) is 0 Å². The van der Waals surface area contributed by atoms with E-state index in [0.29, 0.717) is 0 Å². The summed E-state index contributed by atoms with van der Waals surface area (Å²) in [6.45, 7) is 9.28. The van der Waals surface area contributed by atoms with Gasteiger partial charge >= 0.3 is 0 Å². The van der Waals surface area contributed by atoms with Crippen molar-refractivity contribution in [3.05, 3.63) is 37.2 Å². The van der Waals surface area contributed by atoms with Gasteiger partial charge in [0.25, 0.3) is 0 Å². The van der Waals surface area contributed by atoms with Crippen LogP contribution in [0.25, 0.3) is 0 Å². The van der Waals surface area contributed by atoms with Crippen LogP contribution in [0.2, 0.25) is 0 Å². The molecule has 2 rings (SSSR count). The Morgan fingerprint density at radius 1 is 1.42 bits per heavy atom. The van der Waals surface area contributed by atoms with Gasteiger partial charge in [-0.3, -0.25) is 4.68 Å². The van der Waals surface area contributed by atoms with Gasteiger partial charge in [-0.25, -0.2) is 0 Å². The number of thiophene rings is 1. The standard InChI is InChI=1S/C14H20BrN3S/c1-5-18-12(14(15)9(3)17-18)7-11(16)13-6-8(2)10(4)19-13/h6,11H,5,7,16H2,1-4H3. The van der Waals surface area contributed by atoms with Crippen molar-refractivity contribution in [3.8, 4) is 0 Å². The van der Waals surface area contributed by atoms with Gasteiger partial charge in [-0.15, -0.1) is 11.3 Å². The van der Waals surface area contributed by atoms with Crippen LogP contribution in [0.1, 0.15) is 39.7 Å². The van der Waals surface area contributed by atoms with Gasteiger partial charge < -0.3 is 5.73 Å². The Bertz CT molecular complexity index is 566. The zero-order chi connectivity index (χ0) is 14.2. The molecule has 1 atom stereocenters. The number of rotatable bonds is 4. The second-order valence-electron chi connectivity index (χ2n) is 4.86. The van der Waals surface area contributed by atoms with E-state index in [1.165, 1.54) is 21.0 Å². The van der Waals surface area contributed by atoms with Gasteiger partial charge in [0, 0.05) is 28.8 Å². The van der Waals surface area contributed by atoms with Crippen LogP contribution in [-0.2, 0) is 13.0 Å². The van der Waals surface area contributed by atoms with E-state index in [4.69, 9.17) is 5.73 Å². The fraction of sp³-hybridized carbons (Fsp3) is 0.500. The average Bonchev–Trinajstić information content (AvgIpc) is 2.84. The fourth-order valence-corrected chi connectivity index (χ4v) is 3.65. The third-order valence-corrected chi connectivity index (χ3v) is 5.73. The number of hydrogen-bond acceptors (Lipinski definition) is 3. The Morgan fingerprint density at radius 3 is 2.63 bits per heavy atom. The lowest BCUT2D eigenvalue weighted by Crippen LogP contribution is -2.15. The van der Waals surface area contributed by atoms with Crippen LogP contribution in [-0.4, -0.2) is 9.78 Å². The minimum atomic E-state index is 0.0371. The quantitative estimate of drug-likeness (QED) is 0.916. The molecule has 0 saturated heterocycles. The van der Waals surface area contributed by atoms with E-state index < -0.39 is 0 Å². The second-order valence-corrected chi connectivity index (χ2v) is 6.94. The maximum atomic E-state index is 6.36. The SMILES string of the molecule is CCn1nc(C)c(Br)c1CC(N)c1cc(C)c(C)s1.